The molecule has 270 valence electrons. The molecule has 0 saturated heterocycles. The van der Waals surface area contributed by atoms with Crippen LogP contribution in [0.3, 0.4) is 0 Å². The van der Waals surface area contributed by atoms with Crippen LogP contribution < -0.4 is 9.44 Å². The van der Waals surface area contributed by atoms with Gasteiger partial charge >= 0.3 is 11.9 Å². The average molecular weight is 742 g/mol. The lowest BCUT2D eigenvalue weighted by Crippen LogP contribution is -2.43. The summed E-state index contributed by atoms with van der Waals surface area (Å²) in [7, 11) is -8.12. The molecule has 52 heavy (non-hydrogen) atoms. The highest BCUT2D eigenvalue weighted by molar-refractivity contribution is 7.89. The summed E-state index contributed by atoms with van der Waals surface area (Å²) in [5.41, 5.74) is 3.87. The van der Waals surface area contributed by atoms with Crippen molar-refractivity contribution in [3.05, 3.63) is 161 Å². The average Bonchev–Trinajstić information content (AvgIpc) is 3.13. The molecule has 13 heteroatoms. The van der Waals surface area contributed by atoms with Gasteiger partial charge in [0.15, 0.2) is 0 Å². The third-order valence-corrected chi connectivity index (χ3v) is 11.0. The Kier molecular flexibility index (Phi) is 12.7. The number of carbonyl (C=O) groups is 2. The minimum absolute atomic E-state index is 0.0156. The predicted molar refractivity (Wildman–Crippen MR) is 195 cm³/mol. The van der Waals surface area contributed by atoms with Crippen LogP contribution in [-0.4, -0.2) is 45.8 Å². The summed E-state index contributed by atoms with van der Waals surface area (Å²) in [6, 6.07) is 32.8. The fraction of sp³-hybridized carbons (Fsp3) is 0.205. The van der Waals surface area contributed by atoms with Crippen LogP contribution in [0.25, 0.3) is 0 Å². The maximum absolute atomic E-state index is 13.3. The van der Waals surface area contributed by atoms with E-state index < -0.39 is 44.1 Å². The number of rotatable bonds is 16. The molecule has 4 aromatic carbocycles. The Hall–Kier alpha value is -5.21. The highest BCUT2D eigenvalue weighted by atomic mass is 32.2. The number of hydrogen-bond acceptors (Lipinski definition) is 9. The molecule has 2 N–H and O–H groups in total. The molecular weight excluding hydrogens is 703 g/mol. The number of esters is 2. The van der Waals surface area contributed by atoms with Gasteiger partial charge in [-0.2, -0.15) is 9.44 Å². The second-order valence-electron chi connectivity index (χ2n) is 12.2. The first kappa shape index (κ1) is 38.0. The van der Waals surface area contributed by atoms with Crippen LogP contribution in [-0.2, 0) is 65.2 Å². The molecule has 0 aliphatic heterocycles. The lowest BCUT2D eigenvalue weighted by atomic mass is 10.1. The van der Waals surface area contributed by atoms with Gasteiger partial charge in [-0.25, -0.2) is 16.8 Å². The first-order valence-corrected chi connectivity index (χ1v) is 19.4. The third kappa shape index (κ3) is 10.9. The molecule has 0 bridgehead atoms. The van der Waals surface area contributed by atoms with Gasteiger partial charge < -0.3 is 9.47 Å². The Bertz CT molecular complexity index is 2030. The Morgan fingerprint density at radius 1 is 0.538 bits per heavy atom. The zero-order valence-electron chi connectivity index (χ0n) is 28.6. The van der Waals surface area contributed by atoms with Gasteiger partial charge in [0.25, 0.3) is 0 Å². The van der Waals surface area contributed by atoms with E-state index in [4.69, 9.17) is 9.47 Å². The second kappa shape index (κ2) is 17.3. The molecular formula is C39H39N3O8S2. The van der Waals surface area contributed by atoms with E-state index >= 15 is 0 Å². The van der Waals surface area contributed by atoms with Gasteiger partial charge in [-0.15, -0.1) is 0 Å². The fourth-order valence-corrected chi connectivity index (χ4v) is 7.54. The van der Waals surface area contributed by atoms with E-state index in [2.05, 4.69) is 14.4 Å². The molecule has 0 spiro atoms. The summed E-state index contributed by atoms with van der Waals surface area (Å²) in [5, 5.41) is 0. The number of carbonyl (C=O) groups excluding carboxylic acids is 2. The van der Waals surface area contributed by atoms with Gasteiger partial charge in [0.1, 0.15) is 25.3 Å². The van der Waals surface area contributed by atoms with E-state index in [0.29, 0.717) is 11.4 Å². The van der Waals surface area contributed by atoms with Crippen molar-refractivity contribution in [1.82, 2.24) is 14.4 Å². The summed E-state index contributed by atoms with van der Waals surface area (Å²) in [6.45, 7) is 3.11. The molecule has 11 nitrogen and oxygen atoms in total. The van der Waals surface area contributed by atoms with E-state index in [1.165, 1.54) is 24.3 Å². The van der Waals surface area contributed by atoms with E-state index in [-0.39, 0.29) is 35.8 Å². The van der Waals surface area contributed by atoms with Crippen molar-refractivity contribution in [1.29, 1.82) is 0 Å². The van der Waals surface area contributed by atoms with Crippen LogP contribution in [0.2, 0.25) is 0 Å². The number of ether oxygens (including phenoxy) is 2. The Morgan fingerprint density at radius 3 is 1.27 bits per heavy atom. The number of nitrogens with one attached hydrogen (secondary N) is 2. The number of aryl methyl sites for hydroxylation is 2. The largest absolute Gasteiger partial charge is 0.458 e. The molecule has 0 fully saturated rings. The van der Waals surface area contributed by atoms with Crippen molar-refractivity contribution >= 4 is 32.0 Å². The predicted octanol–water partition coefficient (Wildman–Crippen LogP) is 4.96. The van der Waals surface area contributed by atoms with Gasteiger partial charge in [0.05, 0.1) is 21.2 Å². The minimum atomic E-state index is -4.06. The first-order chi connectivity index (χ1) is 24.9. The second-order valence-corrected chi connectivity index (χ2v) is 15.6. The highest BCUT2D eigenvalue weighted by Crippen LogP contribution is 2.16. The van der Waals surface area contributed by atoms with Gasteiger partial charge in [0.2, 0.25) is 20.0 Å². The third-order valence-electron chi connectivity index (χ3n) is 7.98. The fourth-order valence-electron chi connectivity index (χ4n) is 5.17. The van der Waals surface area contributed by atoms with Crippen LogP contribution in [0.1, 0.15) is 33.6 Å². The number of sulfonamides is 2. The molecule has 0 saturated carbocycles. The number of aromatic nitrogens is 1. The Morgan fingerprint density at radius 2 is 0.904 bits per heavy atom. The van der Waals surface area contributed by atoms with Gasteiger partial charge in [-0.3, -0.25) is 14.6 Å². The summed E-state index contributed by atoms with van der Waals surface area (Å²) in [4.78, 5) is 31.1. The van der Waals surface area contributed by atoms with Gasteiger partial charge in [0, 0.05) is 0 Å². The smallest absolute Gasteiger partial charge is 0.324 e. The molecule has 0 amide bonds. The summed E-state index contributed by atoms with van der Waals surface area (Å²) in [5.74, 6) is -1.61. The van der Waals surface area contributed by atoms with E-state index in [1.54, 1.807) is 91.0 Å². The topological polar surface area (TPSA) is 158 Å². The molecule has 1 heterocycles. The molecule has 0 radical (unpaired) electrons. The Balaban J connectivity index is 1.25. The monoisotopic (exact) mass is 741 g/mol. The summed E-state index contributed by atoms with van der Waals surface area (Å²) < 4.78 is 68.8. The van der Waals surface area contributed by atoms with Crippen LogP contribution in [0, 0.1) is 13.8 Å². The van der Waals surface area contributed by atoms with E-state index in [0.717, 1.165) is 22.3 Å². The number of benzene rings is 4. The molecule has 5 aromatic rings. The zero-order chi connectivity index (χ0) is 37.1. The van der Waals surface area contributed by atoms with Crippen molar-refractivity contribution in [2.75, 3.05) is 0 Å². The number of hydrogen-bond donors (Lipinski definition) is 2. The molecule has 2 atom stereocenters. The Labute approximate surface area is 304 Å². The van der Waals surface area contributed by atoms with Crippen molar-refractivity contribution in [3.63, 3.8) is 0 Å². The van der Waals surface area contributed by atoms with Crippen molar-refractivity contribution in [3.8, 4) is 0 Å². The van der Waals surface area contributed by atoms with Gasteiger partial charge in [-0.1, -0.05) is 102 Å². The van der Waals surface area contributed by atoms with Crippen molar-refractivity contribution in [2.24, 2.45) is 0 Å². The summed E-state index contributed by atoms with van der Waals surface area (Å²) >= 11 is 0. The van der Waals surface area contributed by atoms with Gasteiger partial charge in [-0.05, 0) is 74.2 Å². The van der Waals surface area contributed by atoms with E-state index in [9.17, 15) is 26.4 Å². The maximum atomic E-state index is 13.3. The normalized spacial score (nSPS) is 12.8. The van der Waals surface area contributed by atoms with Crippen molar-refractivity contribution in [2.45, 2.75) is 61.8 Å². The number of pyridine rings is 1. The molecule has 1 aromatic heterocycles. The van der Waals surface area contributed by atoms with Crippen molar-refractivity contribution < 1.29 is 35.9 Å². The highest BCUT2D eigenvalue weighted by Gasteiger charge is 2.29. The molecule has 0 aliphatic carbocycles. The maximum Gasteiger partial charge on any atom is 0.324 e. The van der Waals surface area contributed by atoms with Crippen LogP contribution >= 0.6 is 0 Å². The zero-order valence-corrected chi connectivity index (χ0v) is 30.3. The SMILES string of the molecule is Cc1ccc(S(=O)(=O)N[C@@H](Cc2ccccc2)C(=O)OCc2cccc(COC(=O)[C@H](Cc3ccccc3)NS(=O)(=O)c3ccc(C)cc3)n2)cc1. The number of nitrogens with zero attached hydrogens (tertiary/aromatic N) is 1. The quantitative estimate of drug-likeness (QED) is 0.133. The molecule has 5 rings (SSSR count). The molecule has 0 unspecified atom stereocenters. The lowest BCUT2D eigenvalue weighted by molar-refractivity contribution is -0.147. The van der Waals surface area contributed by atoms with Crippen LogP contribution in [0.4, 0.5) is 0 Å². The van der Waals surface area contributed by atoms with Crippen LogP contribution in [0.5, 0.6) is 0 Å². The standard InChI is InChI=1S/C39H39N3O8S2/c1-28-16-20-34(21-17-28)51(45,46)41-36(24-30-10-5-3-6-11-30)38(43)49-26-32-14-9-15-33(40-32)27-50-39(44)37(25-31-12-7-4-8-13-31)42-52(47,48)35-22-18-29(2)19-23-35/h3-23,36-37,41-42H,24-27H2,1-2H3/t36-,37-/m0/s1. The minimum Gasteiger partial charge on any atom is -0.458 e. The summed E-state index contributed by atoms with van der Waals surface area (Å²) in [6.07, 6.45) is 0.0952. The van der Waals surface area contributed by atoms with Crippen LogP contribution in [0.15, 0.2) is 137 Å². The first-order valence-electron chi connectivity index (χ1n) is 16.4. The lowest BCUT2D eigenvalue weighted by Gasteiger charge is -2.19. The van der Waals surface area contributed by atoms with E-state index in [1.807, 2.05) is 26.0 Å². The molecule has 0 aliphatic rings.